The molecule has 20 nitrogen and oxygen atoms in total. The summed E-state index contributed by atoms with van der Waals surface area (Å²) in [6, 6.07) is 13.4. The molecule has 0 N–H and O–H groups in total. The fourth-order valence-corrected chi connectivity index (χ4v) is 13.9. The predicted octanol–water partition coefficient (Wildman–Crippen LogP) is 10.1. The number of carbonyl (C=O) groups is 12. The lowest BCUT2D eigenvalue weighted by atomic mass is 9.75. The van der Waals surface area contributed by atoms with Crippen molar-refractivity contribution in [1.29, 1.82) is 0 Å². The first-order valence-corrected chi connectivity index (χ1v) is 28.3. The first-order chi connectivity index (χ1) is 43.6. The van der Waals surface area contributed by atoms with Crippen LogP contribution in [0.5, 0.6) is 0 Å². The highest BCUT2D eigenvalue weighted by Gasteiger charge is 2.46. The van der Waals surface area contributed by atoms with E-state index in [1.807, 2.05) is 0 Å². The van der Waals surface area contributed by atoms with Crippen LogP contribution in [-0.2, 0) is 50.5 Å². The van der Waals surface area contributed by atoms with Crippen molar-refractivity contribution in [3.8, 4) is 11.1 Å². The maximum Gasteiger partial charge on any atom is 0.417 e. The molecule has 4 heterocycles. The monoisotopic (exact) mass is 1260 g/mol. The standard InChI is InChI=1S/C66H40F6N4O16/c1-25(77)89-17-13-73-57(81)33-9-5-29-45-31(7-11-35(49(33)45)59(73)83)53-43(65(67,68)69)23-41-51-39(61(85)75(63(41)87)15-19-91-27(3)79)21-37(47(29)55(51)53)38-22-40-52-42(64(88)76(62(40)86)16-20-92-28(4)80)24-44(66(70,71)72)54-32-8-12-36-50-34(10-6-30(46(32)50)48(38)56(52)54)58(82)74(60(36)84)14-18-90-26(2)78/h5-12,21-24H,13-20H2,1-4H3. The van der Waals surface area contributed by atoms with Crippen LogP contribution in [0.2, 0.25) is 0 Å². The number of rotatable bonds is 13. The van der Waals surface area contributed by atoms with Gasteiger partial charge < -0.3 is 18.9 Å². The molecule has 0 bridgehead atoms. The van der Waals surface area contributed by atoms with E-state index in [9.17, 15) is 47.9 Å². The second-order valence-electron chi connectivity index (χ2n) is 22.4. The van der Waals surface area contributed by atoms with Crippen LogP contribution in [0, 0.1) is 0 Å². The van der Waals surface area contributed by atoms with Gasteiger partial charge in [0.15, 0.2) is 0 Å². The highest BCUT2D eigenvalue weighted by Crippen LogP contribution is 2.57. The van der Waals surface area contributed by atoms with Gasteiger partial charge in [0, 0.05) is 115 Å². The summed E-state index contributed by atoms with van der Waals surface area (Å²) < 4.78 is 119. The summed E-state index contributed by atoms with van der Waals surface area (Å²) in [4.78, 5) is 169. The van der Waals surface area contributed by atoms with Crippen molar-refractivity contribution in [3.63, 3.8) is 0 Å². The van der Waals surface area contributed by atoms with Gasteiger partial charge >= 0.3 is 36.2 Å². The van der Waals surface area contributed by atoms with Gasteiger partial charge in [0.25, 0.3) is 47.3 Å². The van der Waals surface area contributed by atoms with E-state index in [0.29, 0.717) is 21.9 Å². The van der Waals surface area contributed by atoms with Crippen molar-refractivity contribution < 1.29 is 103 Å². The largest absolute Gasteiger partial charge is 0.464 e. The Labute approximate surface area is 510 Å². The van der Waals surface area contributed by atoms with Crippen LogP contribution in [0.25, 0.3) is 97.3 Å². The van der Waals surface area contributed by atoms with Gasteiger partial charge in [0.05, 0.1) is 37.3 Å². The molecule has 14 rings (SSSR count). The quantitative estimate of drug-likeness (QED) is 0.0260. The van der Waals surface area contributed by atoms with E-state index in [1.54, 1.807) is 0 Å². The van der Waals surface area contributed by atoms with Crippen LogP contribution in [0.3, 0.4) is 0 Å². The first-order valence-electron chi connectivity index (χ1n) is 28.3. The topological polar surface area (TPSA) is 255 Å². The molecule has 0 atom stereocenters. The molecule has 462 valence electrons. The zero-order valence-corrected chi connectivity index (χ0v) is 48.2. The molecule has 0 unspecified atom stereocenters. The molecule has 0 radical (unpaired) electrons. The molecular formula is C66H40F6N4O16. The Bertz CT molecular complexity index is 4900. The van der Waals surface area contributed by atoms with Crippen molar-refractivity contribution in [3.05, 3.63) is 128 Å². The molecule has 0 aliphatic carbocycles. The minimum atomic E-state index is -5.40. The number of hydrogen-bond acceptors (Lipinski definition) is 16. The number of halogens is 6. The van der Waals surface area contributed by atoms with Crippen LogP contribution in [0.1, 0.15) is 122 Å². The van der Waals surface area contributed by atoms with Gasteiger partial charge in [-0.1, -0.05) is 24.3 Å². The molecule has 0 spiro atoms. The molecule has 0 fully saturated rings. The average Bonchev–Trinajstić information content (AvgIpc) is 0.676. The SMILES string of the molecule is CC(=O)OCCN1C(=O)c2ccc3c4c(-c5cc6c7c(cc(C(F)(F)F)c8c9ccc%10c%11c(ccc(c5c78)c%119)C(=O)N(CCOC(C)=O)C%10=O)C(=O)N(CCOC(C)=O)C6=O)cc5c6c(cc(C(F)(F)F)c(c7ccc(c2c37)C1=O)c64)C(=O)N(CCOC(C)=O)C5=O. The van der Waals surface area contributed by atoms with Gasteiger partial charge in [0.2, 0.25) is 0 Å². The summed E-state index contributed by atoms with van der Waals surface area (Å²) in [5.41, 5.74) is -6.78. The van der Waals surface area contributed by atoms with Gasteiger partial charge in [0.1, 0.15) is 26.4 Å². The highest BCUT2D eigenvalue weighted by atomic mass is 19.4. The summed E-state index contributed by atoms with van der Waals surface area (Å²) in [5, 5.41) is -4.85. The lowest BCUT2D eigenvalue weighted by Gasteiger charge is -2.33. The van der Waals surface area contributed by atoms with Crippen molar-refractivity contribution in [1.82, 2.24) is 19.6 Å². The molecule has 0 saturated heterocycles. The number of amides is 8. The van der Waals surface area contributed by atoms with Crippen molar-refractivity contribution in [2.24, 2.45) is 0 Å². The average molecular weight is 1260 g/mol. The summed E-state index contributed by atoms with van der Waals surface area (Å²) >= 11 is 0. The van der Waals surface area contributed by atoms with Crippen LogP contribution >= 0.6 is 0 Å². The second kappa shape index (κ2) is 20.2. The van der Waals surface area contributed by atoms with Crippen molar-refractivity contribution in [2.75, 3.05) is 52.6 Å². The second-order valence-corrected chi connectivity index (χ2v) is 22.4. The molecule has 10 aromatic rings. The smallest absolute Gasteiger partial charge is 0.417 e. The molecule has 0 saturated carbocycles. The number of esters is 4. The Morgan fingerprint density at radius 1 is 0.293 bits per heavy atom. The maximum absolute atomic E-state index is 16.5. The van der Waals surface area contributed by atoms with Crippen molar-refractivity contribution >= 4 is 157 Å². The molecule has 92 heavy (non-hydrogen) atoms. The fourth-order valence-electron chi connectivity index (χ4n) is 13.9. The third-order valence-corrected chi connectivity index (χ3v) is 17.4. The Kier molecular flexibility index (Phi) is 12.8. The number of nitrogens with zero attached hydrogens (tertiary/aromatic N) is 4. The van der Waals surface area contributed by atoms with Crippen LogP contribution in [0.15, 0.2) is 72.8 Å². The first kappa shape index (κ1) is 58.5. The molecule has 10 aromatic carbocycles. The lowest BCUT2D eigenvalue weighted by Crippen LogP contribution is -2.43. The van der Waals surface area contributed by atoms with Gasteiger partial charge in [-0.15, -0.1) is 0 Å². The molecule has 4 aliphatic heterocycles. The van der Waals surface area contributed by atoms with Crippen LogP contribution < -0.4 is 0 Å². The third-order valence-electron chi connectivity index (χ3n) is 17.4. The van der Waals surface area contributed by atoms with Gasteiger partial charge in [-0.25, -0.2) is 0 Å². The number of imide groups is 4. The maximum atomic E-state index is 16.5. The van der Waals surface area contributed by atoms with Gasteiger partial charge in [-0.2, -0.15) is 26.3 Å². The minimum Gasteiger partial charge on any atom is -0.464 e. The number of ether oxygens (including phenoxy) is 4. The van der Waals surface area contributed by atoms with E-state index in [1.165, 1.54) is 60.7 Å². The van der Waals surface area contributed by atoms with E-state index >= 15 is 35.9 Å². The van der Waals surface area contributed by atoms with Crippen LogP contribution in [0.4, 0.5) is 26.3 Å². The molecule has 4 aliphatic rings. The van der Waals surface area contributed by atoms with E-state index < -0.39 is 191 Å². The molecule has 8 amide bonds. The fraction of sp³-hybridized carbons (Fsp3) is 0.212. The van der Waals surface area contributed by atoms with Crippen LogP contribution in [-0.4, -0.2) is 143 Å². The number of benzene rings is 10. The molecule has 0 aromatic heterocycles. The summed E-state index contributed by atoms with van der Waals surface area (Å²) in [7, 11) is 0. The van der Waals surface area contributed by atoms with E-state index in [0.717, 1.165) is 37.5 Å². The number of carbonyl (C=O) groups excluding carboxylic acids is 12. The van der Waals surface area contributed by atoms with Gasteiger partial charge in [-0.3, -0.25) is 77.1 Å². The van der Waals surface area contributed by atoms with Gasteiger partial charge in [-0.05, 0) is 103 Å². The number of alkyl halides is 6. The molecule has 26 heteroatoms. The predicted molar refractivity (Wildman–Crippen MR) is 312 cm³/mol. The van der Waals surface area contributed by atoms with E-state index in [-0.39, 0.29) is 98.0 Å². The van der Waals surface area contributed by atoms with Crippen molar-refractivity contribution in [2.45, 2.75) is 40.0 Å². The Morgan fingerprint density at radius 2 is 0.522 bits per heavy atom. The third kappa shape index (κ3) is 8.23. The van der Waals surface area contributed by atoms with E-state index in [2.05, 4.69) is 0 Å². The zero-order valence-electron chi connectivity index (χ0n) is 48.2. The number of fused-ring (bicyclic) bond motifs is 4. The Balaban J connectivity index is 1.20. The zero-order chi connectivity index (χ0) is 65.4. The summed E-state index contributed by atoms with van der Waals surface area (Å²) in [6.07, 6.45) is -10.8. The minimum absolute atomic E-state index is 0.0695. The highest BCUT2D eigenvalue weighted by molar-refractivity contribution is 6.47. The lowest BCUT2D eigenvalue weighted by molar-refractivity contribution is -0.142. The molecular weight excluding hydrogens is 1220 g/mol. The summed E-state index contributed by atoms with van der Waals surface area (Å²) in [5.74, 6) is -11.8. The summed E-state index contributed by atoms with van der Waals surface area (Å²) in [6.45, 7) is -0.224. The van der Waals surface area contributed by atoms with E-state index in [4.69, 9.17) is 18.9 Å². The number of hydrogen-bond donors (Lipinski definition) is 0. The normalized spacial score (nSPS) is 15.0. The Morgan fingerprint density at radius 3 is 0.772 bits per heavy atom. The Hall–Kier alpha value is -11.2.